The fourth-order valence-electron chi connectivity index (χ4n) is 2.41. The number of fused-ring (bicyclic) bond motifs is 1. The number of nitrogens with zero attached hydrogens (tertiary/aromatic N) is 5. The van der Waals surface area contributed by atoms with E-state index in [1.165, 1.54) is 0 Å². The zero-order valence-corrected chi connectivity index (χ0v) is 14.4. The molecule has 9 heteroatoms. The van der Waals surface area contributed by atoms with Crippen LogP contribution in [0.25, 0.3) is 11.3 Å². The smallest absolute Gasteiger partial charge is 0.245 e. The van der Waals surface area contributed by atoms with E-state index < -0.39 is 0 Å². The Labute approximate surface area is 144 Å². The fourth-order valence-corrected chi connectivity index (χ4v) is 2.41. The van der Waals surface area contributed by atoms with Crippen molar-refractivity contribution < 1.29 is 14.1 Å². The van der Waals surface area contributed by atoms with Gasteiger partial charge in [0.2, 0.25) is 11.3 Å². The molecule has 1 N–H and O–H groups in total. The number of methoxy groups -OCH3 is 2. The van der Waals surface area contributed by atoms with Gasteiger partial charge in [0.25, 0.3) is 0 Å². The third kappa shape index (κ3) is 3.94. The molecule has 0 aliphatic heterocycles. The third-order valence-corrected chi connectivity index (χ3v) is 3.61. The van der Waals surface area contributed by atoms with Crippen LogP contribution in [0.5, 0.6) is 5.75 Å². The van der Waals surface area contributed by atoms with Crippen molar-refractivity contribution in [2.75, 3.05) is 44.6 Å². The summed E-state index contributed by atoms with van der Waals surface area (Å²) in [5, 5.41) is 10.7. The van der Waals surface area contributed by atoms with Gasteiger partial charge in [0.05, 0.1) is 13.7 Å². The van der Waals surface area contributed by atoms with E-state index >= 15 is 0 Å². The van der Waals surface area contributed by atoms with Crippen LogP contribution in [0, 0.1) is 0 Å². The van der Waals surface area contributed by atoms with Crippen molar-refractivity contribution in [1.29, 1.82) is 0 Å². The maximum Gasteiger partial charge on any atom is 0.245 e. The molecule has 3 rings (SSSR count). The largest absolute Gasteiger partial charge is 0.497 e. The van der Waals surface area contributed by atoms with E-state index in [0.717, 1.165) is 11.3 Å². The number of benzene rings is 1. The molecule has 2 heterocycles. The SMILES string of the molecule is COCCNc1nc2nonc2nc1N(C)Cc1cccc(OC)c1. The highest BCUT2D eigenvalue weighted by Crippen LogP contribution is 2.24. The quantitative estimate of drug-likeness (QED) is 0.612. The summed E-state index contributed by atoms with van der Waals surface area (Å²) < 4.78 is 15.1. The number of nitrogens with one attached hydrogen (secondary N) is 1. The number of rotatable bonds is 8. The summed E-state index contributed by atoms with van der Waals surface area (Å²) in [5.74, 6) is 2.07. The minimum Gasteiger partial charge on any atom is -0.497 e. The zero-order valence-electron chi connectivity index (χ0n) is 14.4. The lowest BCUT2D eigenvalue weighted by molar-refractivity contribution is 0.210. The van der Waals surface area contributed by atoms with Crippen LogP contribution in [-0.2, 0) is 11.3 Å². The molecule has 0 aliphatic rings. The molecule has 0 fully saturated rings. The standard InChI is InChI=1S/C16H20N6O3/c1-22(10-11-5-4-6-12(9-11)24-3)16-15(17-7-8-23-2)18-13-14(19-16)21-25-20-13/h4-6,9H,7-8,10H2,1-3H3,(H,17,18,20). The average Bonchev–Trinajstić information content (AvgIpc) is 3.08. The first-order chi connectivity index (χ1) is 12.2. The molecule has 0 bridgehead atoms. The Kier molecular flexibility index (Phi) is 5.24. The minimum atomic E-state index is 0.360. The Bertz CT molecular complexity index is 838. The highest BCUT2D eigenvalue weighted by molar-refractivity contribution is 5.73. The third-order valence-electron chi connectivity index (χ3n) is 3.61. The van der Waals surface area contributed by atoms with Crippen LogP contribution in [0.1, 0.15) is 5.56 Å². The van der Waals surface area contributed by atoms with Crippen LogP contribution in [0.4, 0.5) is 11.6 Å². The van der Waals surface area contributed by atoms with Crippen molar-refractivity contribution in [2.45, 2.75) is 6.54 Å². The first-order valence-corrected chi connectivity index (χ1v) is 7.78. The van der Waals surface area contributed by atoms with Crippen LogP contribution in [0.2, 0.25) is 0 Å². The summed E-state index contributed by atoms with van der Waals surface area (Å²) in [7, 11) is 5.23. The molecule has 0 aliphatic carbocycles. The summed E-state index contributed by atoms with van der Waals surface area (Å²) in [4.78, 5) is 10.9. The Morgan fingerprint density at radius 3 is 2.72 bits per heavy atom. The molecule has 0 saturated heterocycles. The van der Waals surface area contributed by atoms with Gasteiger partial charge in [-0.3, -0.25) is 0 Å². The lowest BCUT2D eigenvalue weighted by Gasteiger charge is -2.21. The summed E-state index contributed by atoms with van der Waals surface area (Å²) in [5.41, 5.74) is 1.81. The normalized spacial score (nSPS) is 10.8. The fraction of sp³-hybridized carbons (Fsp3) is 0.375. The van der Waals surface area contributed by atoms with Gasteiger partial charge >= 0.3 is 0 Å². The zero-order chi connectivity index (χ0) is 17.6. The number of hydrogen-bond donors (Lipinski definition) is 1. The van der Waals surface area contributed by atoms with Crippen LogP contribution >= 0.6 is 0 Å². The van der Waals surface area contributed by atoms with Gasteiger partial charge < -0.3 is 19.7 Å². The lowest BCUT2D eigenvalue weighted by atomic mass is 10.2. The van der Waals surface area contributed by atoms with Crippen LogP contribution in [0.3, 0.4) is 0 Å². The highest BCUT2D eigenvalue weighted by Gasteiger charge is 2.16. The molecule has 1 aromatic carbocycles. The molecule has 0 saturated carbocycles. The molecule has 0 atom stereocenters. The van der Waals surface area contributed by atoms with Gasteiger partial charge in [-0.1, -0.05) is 12.1 Å². The molecule has 3 aromatic rings. The average molecular weight is 344 g/mol. The summed E-state index contributed by atoms with van der Waals surface area (Å²) in [6, 6.07) is 7.88. The van der Waals surface area contributed by atoms with Gasteiger partial charge in [-0.2, -0.15) is 0 Å². The van der Waals surface area contributed by atoms with E-state index in [4.69, 9.17) is 14.1 Å². The van der Waals surface area contributed by atoms with Crippen molar-refractivity contribution in [1.82, 2.24) is 20.3 Å². The molecular formula is C16H20N6O3. The predicted octanol–water partition coefficient (Wildman–Crippen LogP) is 1.72. The van der Waals surface area contributed by atoms with E-state index in [0.29, 0.717) is 42.6 Å². The van der Waals surface area contributed by atoms with Crippen molar-refractivity contribution in [2.24, 2.45) is 0 Å². The van der Waals surface area contributed by atoms with Gasteiger partial charge in [0, 0.05) is 27.2 Å². The molecule has 132 valence electrons. The van der Waals surface area contributed by atoms with Crippen LogP contribution in [0.15, 0.2) is 28.9 Å². The molecule has 25 heavy (non-hydrogen) atoms. The number of anilines is 2. The van der Waals surface area contributed by atoms with Gasteiger partial charge in [-0.15, -0.1) is 0 Å². The Morgan fingerprint density at radius 2 is 1.96 bits per heavy atom. The highest BCUT2D eigenvalue weighted by atomic mass is 16.6. The Balaban J connectivity index is 1.87. The monoisotopic (exact) mass is 344 g/mol. The lowest BCUT2D eigenvalue weighted by Crippen LogP contribution is -2.21. The topological polar surface area (TPSA) is 98.4 Å². The van der Waals surface area contributed by atoms with Crippen molar-refractivity contribution in [3.05, 3.63) is 29.8 Å². The number of ether oxygens (including phenoxy) is 2. The Morgan fingerprint density at radius 1 is 1.16 bits per heavy atom. The maximum absolute atomic E-state index is 5.28. The van der Waals surface area contributed by atoms with E-state index in [9.17, 15) is 0 Å². The second kappa shape index (κ2) is 7.75. The summed E-state index contributed by atoms with van der Waals surface area (Å²) in [6.45, 7) is 1.78. The number of hydrogen-bond acceptors (Lipinski definition) is 9. The summed E-state index contributed by atoms with van der Waals surface area (Å²) >= 11 is 0. The second-order valence-electron chi connectivity index (χ2n) is 5.43. The molecular weight excluding hydrogens is 324 g/mol. The predicted molar refractivity (Wildman–Crippen MR) is 92.9 cm³/mol. The van der Waals surface area contributed by atoms with Crippen molar-refractivity contribution in [3.8, 4) is 5.75 Å². The van der Waals surface area contributed by atoms with Crippen molar-refractivity contribution >= 4 is 22.9 Å². The van der Waals surface area contributed by atoms with E-state index in [1.54, 1.807) is 14.2 Å². The van der Waals surface area contributed by atoms with Crippen molar-refractivity contribution in [3.63, 3.8) is 0 Å². The van der Waals surface area contributed by atoms with Gasteiger partial charge in [-0.05, 0) is 28.0 Å². The van der Waals surface area contributed by atoms with Gasteiger partial charge in [0.1, 0.15) is 5.75 Å². The van der Waals surface area contributed by atoms with E-state index in [-0.39, 0.29) is 0 Å². The molecule has 0 unspecified atom stereocenters. The molecule has 0 amide bonds. The summed E-state index contributed by atoms with van der Waals surface area (Å²) in [6.07, 6.45) is 0. The van der Waals surface area contributed by atoms with Crippen LogP contribution < -0.4 is 15.0 Å². The van der Waals surface area contributed by atoms with Gasteiger partial charge in [-0.25, -0.2) is 14.6 Å². The first kappa shape index (κ1) is 16.9. The molecule has 9 nitrogen and oxygen atoms in total. The maximum atomic E-state index is 5.28. The molecule has 0 radical (unpaired) electrons. The number of aromatic nitrogens is 4. The minimum absolute atomic E-state index is 0.360. The molecule has 0 spiro atoms. The van der Waals surface area contributed by atoms with Gasteiger partial charge in [0.15, 0.2) is 11.6 Å². The van der Waals surface area contributed by atoms with Crippen LogP contribution in [-0.4, -0.2) is 54.7 Å². The molecule has 2 aromatic heterocycles. The second-order valence-corrected chi connectivity index (χ2v) is 5.43. The first-order valence-electron chi connectivity index (χ1n) is 7.78. The van der Waals surface area contributed by atoms with E-state index in [1.807, 2.05) is 36.2 Å². The van der Waals surface area contributed by atoms with E-state index in [2.05, 4.69) is 25.6 Å². The Hall–Kier alpha value is -2.94.